The topological polar surface area (TPSA) is 0 Å². The number of rotatable bonds is 1. The van der Waals surface area contributed by atoms with Crippen molar-refractivity contribution in [2.75, 3.05) is 0 Å². The molecule has 2 atom stereocenters. The minimum Gasteiger partial charge on any atom is -0.148 e. The molecule has 0 nitrogen and oxygen atoms in total. The fraction of sp³-hybridized carbons (Fsp3) is 0.750. The van der Waals surface area contributed by atoms with Crippen molar-refractivity contribution in [1.29, 1.82) is 0 Å². The van der Waals surface area contributed by atoms with Crippen LogP contribution in [0.3, 0.4) is 0 Å². The van der Waals surface area contributed by atoms with E-state index in [1.54, 1.807) is 0 Å². The molecule has 0 heterocycles. The Labute approximate surface area is 112 Å². The van der Waals surface area contributed by atoms with E-state index >= 15 is 0 Å². The van der Waals surface area contributed by atoms with Crippen LogP contribution >= 0.6 is 11.8 Å². The summed E-state index contributed by atoms with van der Waals surface area (Å²) < 4.78 is 0.334. The average Bonchev–Trinajstić information content (AvgIpc) is 2.07. The van der Waals surface area contributed by atoms with E-state index in [1.165, 1.54) is 11.1 Å². The number of allylic oxidation sites excluding steroid dienone is 3. The third kappa shape index (κ3) is 4.21. The summed E-state index contributed by atoms with van der Waals surface area (Å²) in [6, 6.07) is 0. The molecule has 0 N–H and O–H groups in total. The molecule has 0 amide bonds. The van der Waals surface area contributed by atoms with Crippen molar-refractivity contribution >= 4 is 11.8 Å². The predicted molar refractivity (Wildman–Crippen MR) is 81.6 cm³/mol. The van der Waals surface area contributed by atoms with Crippen molar-refractivity contribution in [2.24, 2.45) is 11.3 Å². The highest BCUT2D eigenvalue weighted by Crippen LogP contribution is 2.42. The first-order valence-electron chi connectivity index (χ1n) is 6.59. The Morgan fingerprint density at radius 2 is 1.59 bits per heavy atom. The lowest BCUT2D eigenvalue weighted by Gasteiger charge is -2.35. The molecule has 0 aliphatic heterocycles. The third-order valence-corrected chi connectivity index (χ3v) is 4.86. The normalized spacial score (nSPS) is 26.6. The Bertz CT molecular complexity index is 334. The van der Waals surface area contributed by atoms with Gasteiger partial charge < -0.3 is 0 Å². The second-order valence-electron chi connectivity index (χ2n) is 7.27. The largest absolute Gasteiger partial charge is 0.148 e. The molecule has 17 heavy (non-hydrogen) atoms. The van der Waals surface area contributed by atoms with E-state index in [1.807, 2.05) is 0 Å². The van der Waals surface area contributed by atoms with Crippen molar-refractivity contribution in [2.45, 2.75) is 65.4 Å². The molecule has 0 aromatic rings. The van der Waals surface area contributed by atoms with E-state index in [-0.39, 0.29) is 5.41 Å². The highest BCUT2D eigenvalue weighted by Gasteiger charge is 2.29. The molecule has 0 bridgehead atoms. The van der Waals surface area contributed by atoms with E-state index in [4.69, 9.17) is 0 Å². The van der Waals surface area contributed by atoms with Crippen molar-refractivity contribution in [3.63, 3.8) is 0 Å². The predicted octanol–water partition coefficient (Wildman–Crippen LogP) is 5.46. The SMILES string of the molecule is CC1=CC(C(C)(C)C)=CC(C)C1SC(C)(C)C. The zero-order chi connectivity index (χ0) is 13.4. The van der Waals surface area contributed by atoms with Gasteiger partial charge in [0, 0.05) is 10.00 Å². The van der Waals surface area contributed by atoms with Gasteiger partial charge >= 0.3 is 0 Å². The lowest BCUT2D eigenvalue weighted by atomic mass is 9.79. The number of hydrogen-bond donors (Lipinski definition) is 0. The van der Waals surface area contributed by atoms with Gasteiger partial charge in [0.25, 0.3) is 0 Å². The molecule has 0 fully saturated rings. The zero-order valence-corrected chi connectivity index (χ0v) is 13.5. The molecule has 0 radical (unpaired) electrons. The fourth-order valence-corrected chi connectivity index (χ4v) is 3.52. The number of hydrogen-bond acceptors (Lipinski definition) is 1. The van der Waals surface area contributed by atoms with Gasteiger partial charge in [0.1, 0.15) is 0 Å². The van der Waals surface area contributed by atoms with Crippen molar-refractivity contribution < 1.29 is 0 Å². The maximum Gasteiger partial charge on any atom is 0.0322 e. The van der Waals surface area contributed by atoms with Crippen LogP contribution in [0.4, 0.5) is 0 Å². The van der Waals surface area contributed by atoms with Gasteiger partial charge in [-0.25, -0.2) is 0 Å². The van der Waals surface area contributed by atoms with Crippen molar-refractivity contribution in [1.82, 2.24) is 0 Å². The summed E-state index contributed by atoms with van der Waals surface area (Å²) in [6.07, 6.45) is 4.87. The fourth-order valence-electron chi connectivity index (χ4n) is 2.21. The first-order valence-corrected chi connectivity index (χ1v) is 7.47. The molecule has 1 rings (SSSR count). The van der Waals surface area contributed by atoms with Crippen LogP contribution in [0.25, 0.3) is 0 Å². The molecular weight excluding hydrogens is 224 g/mol. The lowest BCUT2D eigenvalue weighted by Crippen LogP contribution is -2.26. The highest BCUT2D eigenvalue weighted by molar-refractivity contribution is 8.01. The van der Waals surface area contributed by atoms with Gasteiger partial charge in [-0.2, -0.15) is 0 Å². The molecule has 98 valence electrons. The monoisotopic (exact) mass is 252 g/mol. The Kier molecular flexibility index (Phi) is 4.24. The van der Waals surface area contributed by atoms with Gasteiger partial charge in [0.2, 0.25) is 0 Å². The molecule has 1 aliphatic rings. The second kappa shape index (κ2) is 4.84. The van der Waals surface area contributed by atoms with E-state index in [0.29, 0.717) is 15.9 Å². The van der Waals surface area contributed by atoms with E-state index in [9.17, 15) is 0 Å². The van der Waals surface area contributed by atoms with Gasteiger partial charge in [-0.15, -0.1) is 11.8 Å². The smallest absolute Gasteiger partial charge is 0.0322 e. The molecule has 0 spiro atoms. The minimum atomic E-state index is 0.271. The molecular formula is C16H28S. The maximum atomic E-state index is 2.47. The first kappa shape index (κ1) is 14.9. The van der Waals surface area contributed by atoms with Gasteiger partial charge in [0.15, 0.2) is 0 Å². The van der Waals surface area contributed by atoms with Crippen LogP contribution in [0, 0.1) is 11.3 Å². The third-order valence-electron chi connectivity index (χ3n) is 3.10. The quantitative estimate of drug-likeness (QED) is 0.597. The zero-order valence-electron chi connectivity index (χ0n) is 12.7. The minimum absolute atomic E-state index is 0.271. The first-order chi connectivity index (χ1) is 7.50. The molecule has 0 saturated heterocycles. The van der Waals surface area contributed by atoms with E-state index in [0.717, 1.165) is 0 Å². The summed E-state index contributed by atoms with van der Waals surface area (Å²) in [5, 5.41) is 0.640. The summed E-state index contributed by atoms with van der Waals surface area (Å²) in [4.78, 5) is 0. The van der Waals surface area contributed by atoms with Gasteiger partial charge in [-0.1, -0.05) is 66.2 Å². The summed E-state index contributed by atoms with van der Waals surface area (Å²) in [5.41, 5.74) is 3.30. The van der Waals surface area contributed by atoms with Crippen LogP contribution in [-0.2, 0) is 0 Å². The average molecular weight is 252 g/mol. The summed E-state index contributed by atoms with van der Waals surface area (Å²) >= 11 is 2.09. The van der Waals surface area contributed by atoms with Gasteiger partial charge in [0.05, 0.1) is 0 Å². The van der Waals surface area contributed by atoms with Crippen molar-refractivity contribution in [3.8, 4) is 0 Å². The van der Waals surface area contributed by atoms with Crippen LogP contribution in [-0.4, -0.2) is 10.00 Å². The molecule has 0 aromatic heterocycles. The Balaban J connectivity index is 2.92. The summed E-state index contributed by atoms with van der Waals surface area (Å²) in [5.74, 6) is 0.637. The Morgan fingerprint density at radius 3 is 1.94 bits per heavy atom. The summed E-state index contributed by atoms with van der Waals surface area (Å²) in [7, 11) is 0. The van der Waals surface area contributed by atoms with Gasteiger partial charge in [-0.05, 0) is 23.8 Å². The van der Waals surface area contributed by atoms with Crippen LogP contribution in [0.1, 0.15) is 55.4 Å². The van der Waals surface area contributed by atoms with Gasteiger partial charge in [-0.3, -0.25) is 0 Å². The highest BCUT2D eigenvalue weighted by atomic mass is 32.2. The molecule has 1 aliphatic carbocycles. The lowest BCUT2D eigenvalue weighted by molar-refractivity contribution is 0.502. The molecule has 1 heteroatoms. The Morgan fingerprint density at radius 1 is 1.06 bits per heavy atom. The maximum absolute atomic E-state index is 2.47. The van der Waals surface area contributed by atoms with Crippen LogP contribution in [0.5, 0.6) is 0 Å². The summed E-state index contributed by atoms with van der Waals surface area (Å²) in [6.45, 7) is 18.5. The number of thioether (sulfide) groups is 1. The second-order valence-corrected chi connectivity index (χ2v) is 9.24. The van der Waals surface area contributed by atoms with Crippen molar-refractivity contribution in [3.05, 3.63) is 23.3 Å². The Hall–Kier alpha value is -0.170. The molecule has 2 unspecified atom stereocenters. The molecule has 0 saturated carbocycles. The van der Waals surface area contributed by atoms with E-state index < -0.39 is 0 Å². The van der Waals surface area contributed by atoms with Crippen LogP contribution < -0.4 is 0 Å². The molecule has 0 aromatic carbocycles. The van der Waals surface area contributed by atoms with E-state index in [2.05, 4.69) is 79.3 Å². The van der Waals surface area contributed by atoms with Crippen LogP contribution in [0.2, 0.25) is 0 Å². The van der Waals surface area contributed by atoms with Crippen LogP contribution in [0.15, 0.2) is 23.3 Å². The standard InChI is InChI=1S/C16H28S/c1-11-9-13(15(3,4)5)10-12(2)14(11)17-16(6,7)8/h9-11,14H,1-8H3.